The van der Waals surface area contributed by atoms with Crippen molar-refractivity contribution in [1.82, 2.24) is 10.0 Å². The van der Waals surface area contributed by atoms with Crippen molar-refractivity contribution in [2.45, 2.75) is 27.3 Å². The molecule has 1 amide bonds. The monoisotopic (exact) mass is 226 g/mol. The maximum absolute atomic E-state index is 11.8. The lowest BCUT2D eigenvalue weighted by molar-refractivity contribution is 0.0700. The van der Waals surface area contributed by atoms with Crippen LogP contribution in [-0.2, 0) is 6.54 Å². The van der Waals surface area contributed by atoms with Crippen molar-refractivity contribution in [3.05, 3.63) is 27.2 Å². The molecule has 0 aliphatic carbocycles. The molecule has 6 heteroatoms. The van der Waals surface area contributed by atoms with Crippen LogP contribution in [-0.4, -0.2) is 20.8 Å². The van der Waals surface area contributed by atoms with Crippen LogP contribution in [0.15, 0.2) is 4.79 Å². The minimum atomic E-state index is -1.01. The number of nitrogens with one attached hydrogen (secondary N) is 1. The predicted molar refractivity (Wildman–Crippen MR) is 56.8 cm³/mol. The van der Waals surface area contributed by atoms with Crippen LogP contribution in [0.25, 0.3) is 0 Å². The zero-order chi connectivity index (χ0) is 12.5. The number of hydrogen-bond acceptors (Lipinski definition) is 4. The normalized spacial score (nSPS) is 10.2. The molecule has 0 unspecified atom stereocenters. The van der Waals surface area contributed by atoms with Crippen LogP contribution in [0.3, 0.4) is 0 Å². The van der Waals surface area contributed by atoms with Gasteiger partial charge in [-0.25, -0.2) is 5.48 Å². The molecule has 6 nitrogen and oxygen atoms in total. The minimum Gasteiger partial charge on any atom is -0.507 e. The van der Waals surface area contributed by atoms with E-state index in [0.717, 1.165) is 0 Å². The number of nitrogens with zero attached hydrogens (tertiary/aromatic N) is 1. The first-order chi connectivity index (χ1) is 7.45. The smallest absolute Gasteiger partial charge is 0.284 e. The average molecular weight is 226 g/mol. The van der Waals surface area contributed by atoms with E-state index in [1.807, 2.05) is 0 Å². The fourth-order valence-corrected chi connectivity index (χ4v) is 1.59. The van der Waals surface area contributed by atoms with Crippen molar-refractivity contribution in [2.75, 3.05) is 0 Å². The molecule has 1 aromatic rings. The van der Waals surface area contributed by atoms with Crippen LogP contribution < -0.4 is 11.0 Å². The molecule has 0 bridgehead atoms. The lowest BCUT2D eigenvalue weighted by Gasteiger charge is -2.14. The Kier molecular flexibility index (Phi) is 3.34. The number of hydrogen-bond donors (Lipinski definition) is 3. The molecule has 1 aromatic heterocycles. The summed E-state index contributed by atoms with van der Waals surface area (Å²) in [6, 6.07) is 0. The molecule has 0 aliphatic rings. The number of hydroxylamine groups is 1. The highest BCUT2D eigenvalue weighted by Gasteiger charge is 2.21. The largest absolute Gasteiger partial charge is 0.507 e. The Labute approximate surface area is 92.1 Å². The van der Waals surface area contributed by atoms with Gasteiger partial charge in [-0.15, -0.1) is 0 Å². The quantitative estimate of drug-likeness (QED) is 0.500. The molecule has 0 atom stereocenters. The summed E-state index contributed by atoms with van der Waals surface area (Å²) in [5.74, 6) is -1.40. The molecule has 0 spiro atoms. The lowest BCUT2D eigenvalue weighted by Crippen LogP contribution is -2.33. The van der Waals surface area contributed by atoms with Crippen LogP contribution in [0.4, 0.5) is 0 Å². The summed E-state index contributed by atoms with van der Waals surface area (Å²) >= 11 is 0. The van der Waals surface area contributed by atoms with Crippen LogP contribution in [0.1, 0.15) is 28.5 Å². The fourth-order valence-electron chi connectivity index (χ4n) is 1.59. The highest BCUT2D eigenvalue weighted by Crippen LogP contribution is 2.21. The van der Waals surface area contributed by atoms with E-state index in [2.05, 4.69) is 0 Å². The number of aromatic hydroxyl groups is 1. The molecular weight excluding hydrogens is 212 g/mol. The molecule has 0 saturated heterocycles. The summed E-state index contributed by atoms with van der Waals surface area (Å²) in [6.45, 7) is 5.42. The van der Waals surface area contributed by atoms with Crippen LogP contribution in [0, 0.1) is 13.8 Å². The fraction of sp³-hybridized carbons (Fsp3) is 0.400. The molecule has 0 fully saturated rings. The summed E-state index contributed by atoms with van der Waals surface area (Å²) in [7, 11) is 0. The van der Waals surface area contributed by atoms with Crippen molar-refractivity contribution in [3.63, 3.8) is 0 Å². The zero-order valence-corrected chi connectivity index (χ0v) is 9.37. The highest BCUT2D eigenvalue weighted by molar-refractivity contribution is 5.96. The molecule has 0 aromatic carbocycles. The summed E-state index contributed by atoms with van der Waals surface area (Å²) in [4.78, 5) is 23.1. The van der Waals surface area contributed by atoms with Gasteiger partial charge in [0.1, 0.15) is 11.3 Å². The SMILES string of the molecule is CCn1c(C)c(C)c(O)c(C(=O)NO)c1=O. The van der Waals surface area contributed by atoms with Gasteiger partial charge in [-0.05, 0) is 20.8 Å². The van der Waals surface area contributed by atoms with Crippen LogP contribution in [0.2, 0.25) is 0 Å². The maximum Gasteiger partial charge on any atom is 0.284 e. The van der Waals surface area contributed by atoms with E-state index >= 15 is 0 Å². The first-order valence-corrected chi connectivity index (χ1v) is 4.83. The Hall–Kier alpha value is -1.82. The van der Waals surface area contributed by atoms with Crippen molar-refractivity contribution in [1.29, 1.82) is 0 Å². The number of aromatic nitrogens is 1. The summed E-state index contributed by atoms with van der Waals surface area (Å²) in [5.41, 5.74) is 1.34. The third kappa shape index (κ3) is 1.67. The second kappa shape index (κ2) is 4.36. The van der Waals surface area contributed by atoms with Gasteiger partial charge in [-0.3, -0.25) is 14.8 Å². The van der Waals surface area contributed by atoms with E-state index in [1.165, 1.54) is 10.0 Å². The number of pyridine rings is 1. The summed E-state index contributed by atoms with van der Waals surface area (Å²) < 4.78 is 1.36. The molecule has 0 saturated carbocycles. The zero-order valence-electron chi connectivity index (χ0n) is 9.37. The Morgan fingerprint density at radius 2 is 2.00 bits per heavy atom. The molecule has 1 heterocycles. The number of carbonyl (C=O) groups excluding carboxylic acids is 1. The second-order valence-corrected chi connectivity index (χ2v) is 3.42. The Bertz CT molecular complexity index is 491. The third-order valence-corrected chi connectivity index (χ3v) is 2.64. The predicted octanol–water partition coefficient (Wildman–Crippen LogP) is 0.310. The molecule has 0 radical (unpaired) electrons. The van der Waals surface area contributed by atoms with E-state index in [9.17, 15) is 14.7 Å². The van der Waals surface area contributed by atoms with Crippen molar-refractivity contribution in [3.8, 4) is 5.75 Å². The van der Waals surface area contributed by atoms with Gasteiger partial charge in [0.25, 0.3) is 11.5 Å². The Morgan fingerprint density at radius 3 is 2.44 bits per heavy atom. The van der Waals surface area contributed by atoms with Gasteiger partial charge in [0.2, 0.25) is 0 Å². The molecule has 0 aliphatic heterocycles. The van der Waals surface area contributed by atoms with E-state index in [-0.39, 0.29) is 0 Å². The number of rotatable bonds is 2. The molecule has 3 N–H and O–H groups in total. The topological polar surface area (TPSA) is 91.6 Å². The lowest BCUT2D eigenvalue weighted by atomic mass is 10.1. The Balaban J connectivity index is 3.69. The van der Waals surface area contributed by atoms with Crippen LogP contribution in [0.5, 0.6) is 5.75 Å². The standard InChI is InChI=1S/C10H14N2O4/c1-4-12-6(3)5(2)8(13)7(10(12)15)9(14)11-16/h13,16H,4H2,1-3H3,(H,11,14). The van der Waals surface area contributed by atoms with E-state index in [1.54, 1.807) is 20.8 Å². The molecule has 88 valence electrons. The van der Waals surface area contributed by atoms with Gasteiger partial charge in [0, 0.05) is 17.8 Å². The number of amides is 1. The van der Waals surface area contributed by atoms with Gasteiger partial charge in [-0.1, -0.05) is 0 Å². The third-order valence-electron chi connectivity index (χ3n) is 2.64. The first-order valence-electron chi connectivity index (χ1n) is 4.83. The van der Waals surface area contributed by atoms with Gasteiger partial charge < -0.3 is 9.67 Å². The first kappa shape index (κ1) is 12.3. The van der Waals surface area contributed by atoms with Gasteiger partial charge in [0.15, 0.2) is 0 Å². The number of carbonyl (C=O) groups is 1. The minimum absolute atomic E-state index is 0.386. The molecular formula is C10H14N2O4. The summed E-state index contributed by atoms with van der Waals surface area (Å²) in [6.07, 6.45) is 0. The Morgan fingerprint density at radius 1 is 1.44 bits per heavy atom. The maximum atomic E-state index is 11.8. The van der Waals surface area contributed by atoms with E-state index in [4.69, 9.17) is 5.21 Å². The summed E-state index contributed by atoms with van der Waals surface area (Å²) in [5, 5.41) is 18.2. The van der Waals surface area contributed by atoms with Crippen molar-refractivity contribution >= 4 is 5.91 Å². The van der Waals surface area contributed by atoms with Gasteiger partial charge in [0.05, 0.1) is 0 Å². The average Bonchev–Trinajstić information content (AvgIpc) is 2.27. The van der Waals surface area contributed by atoms with Crippen molar-refractivity contribution < 1.29 is 15.1 Å². The van der Waals surface area contributed by atoms with Crippen molar-refractivity contribution in [2.24, 2.45) is 0 Å². The van der Waals surface area contributed by atoms with E-state index in [0.29, 0.717) is 17.8 Å². The highest BCUT2D eigenvalue weighted by atomic mass is 16.5. The van der Waals surface area contributed by atoms with E-state index < -0.39 is 22.8 Å². The second-order valence-electron chi connectivity index (χ2n) is 3.42. The molecule has 16 heavy (non-hydrogen) atoms. The van der Waals surface area contributed by atoms with Gasteiger partial charge in [-0.2, -0.15) is 0 Å². The van der Waals surface area contributed by atoms with Gasteiger partial charge >= 0.3 is 0 Å². The molecule has 1 rings (SSSR count). The van der Waals surface area contributed by atoms with Crippen LogP contribution >= 0.6 is 0 Å².